The summed E-state index contributed by atoms with van der Waals surface area (Å²) in [4.78, 5) is 19.4. The molecule has 3 nitrogen and oxygen atoms in total. The number of carbonyl (C=O) groups excluding carboxylic acids is 1. The van der Waals surface area contributed by atoms with Gasteiger partial charge in [0.05, 0.1) is 6.20 Å². The summed E-state index contributed by atoms with van der Waals surface area (Å²) in [6.07, 6.45) is 5.12. The van der Waals surface area contributed by atoms with Crippen molar-refractivity contribution in [3.8, 4) is 10.6 Å². The molecule has 20 heavy (non-hydrogen) atoms. The number of carbonyl (C=O) groups is 1. The fourth-order valence-corrected chi connectivity index (χ4v) is 3.37. The molecule has 0 atom stereocenters. The van der Waals surface area contributed by atoms with Gasteiger partial charge in [0.1, 0.15) is 9.88 Å². The van der Waals surface area contributed by atoms with Gasteiger partial charge in [-0.25, -0.2) is 4.98 Å². The Labute approximate surface area is 127 Å². The minimum atomic E-state index is 0.113. The molecule has 2 heterocycles. The molecule has 0 radical (unpaired) electrons. The third kappa shape index (κ3) is 2.86. The van der Waals surface area contributed by atoms with Gasteiger partial charge in [0.25, 0.3) is 5.91 Å². The molecule has 1 aromatic carbocycles. The molecule has 1 aliphatic rings. The summed E-state index contributed by atoms with van der Waals surface area (Å²) in [5.74, 6) is 0.113. The van der Waals surface area contributed by atoms with Gasteiger partial charge in [-0.2, -0.15) is 0 Å². The summed E-state index contributed by atoms with van der Waals surface area (Å²) in [5, 5.41) is 1.57. The highest BCUT2D eigenvalue weighted by Crippen LogP contribution is 2.27. The van der Waals surface area contributed by atoms with E-state index >= 15 is 0 Å². The van der Waals surface area contributed by atoms with E-state index in [1.165, 1.54) is 17.8 Å². The normalized spacial score (nSPS) is 15.3. The summed E-state index contributed by atoms with van der Waals surface area (Å²) in [5.41, 5.74) is 0.997. The maximum atomic E-state index is 12.4. The van der Waals surface area contributed by atoms with E-state index in [4.69, 9.17) is 11.6 Å². The van der Waals surface area contributed by atoms with Crippen LogP contribution in [0.2, 0.25) is 5.02 Å². The number of rotatable bonds is 2. The van der Waals surface area contributed by atoms with Gasteiger partial charge in [0, 0.05) is 23.7 Å². The van der Waals surface area contributed by atoms with Crippen molar-refractivity contribution in [2.45, 2.75) is 19.3 Å². The summed E-state index contributed by atoms with van der Waals surface area (Å²) in [6, 6.07) is 7.53. The molecular weight excluding hydrogens is 292 g/mol. The minimum Gasteiger partial charge on any atom is -0.338 e. The number of hydrogen-bond donors (Lipinski definition) is 0. The standard InChI is InChI=1S/C15H15ClN2OS/c16-12-6-4-11(5-7-12)14-17-10-13(20-14)15(19)18-8-2-1-3-9-18/h4-7,10H,1-3,8-9H2. The van der Waals surface area contributed by atoms with E-state index in [-0.39, 0.29) is 5.91 Å². The molecule has 3 rings (SSSR count). The number of thiazole rings is 1. The smallest absolute Gasteiger partial charge is 0.265 e. The molecule has 0 unspecified atom stereocenters. The molecule has 1 amide bonds. The second-order valence-electron chi connectivity index (χ2n) is 4.89. The molecule has 5 heteroatoms. The molecule has 1 aliphatic heterocycles. The van der Waals surface area contributed by atoms with Crippen LogP contribution in [0.4, 0.5) is 0 Å². The number of halogens is 1. The Morgan fingerprint density at radius 1 is 1.15 bits per heavy atom. The third-order valence-corrected chi connectivity index (χ3v) is 4.74. The molecule has 0 N–H and O–H groups in total. The van der Waals surface area contributed by atoms with Crippen LogP contribution in [0, 0.1) is 0 Å². The molecule has 104 valence electrons. The van der Waals surface area contributed by atoms with Gasteiger partial charge in [-0.05, 0) is 31.4 Å². The van der Waals surface area contributed by atoms with Crippen molar-refractivity contribution >= 4 is 28.8 Å². The summed E-state index contributed by atoms with van der Waals surface area (Å²) in [7, 11) is 0. The van der Waals surface area contributed by atoms with Crippen LogP contribution in [0.1, 0.15) is 28.9 Å². The Hall–Kier alpha value is -1.39. The van der Waals surface area contributed by atoms with Crippen LogP contribution in [-0.2, 0) is 0 Å². The maximum Gasteiger partial charge on any atom is 0.265 e. The van der Waals surface area contributed by atoms with Crippen LogP contribution in [0.5, 0.6) is 0 Å². The van der Waals surface area contributed by atoms with Gasteiger partial charge in [0.15, 0.2) is 0 Å². The quantitative estimate of drug-likeness (QED) is 0.837. The predicted octanol–water partition coefficient (Wildman–Crippen LogP) is 4.09. The van der Waals surface area contributed by atoms with E-state index in [0.29, 0.717) is 5.02 Å². The maximum absolute atomic E-state index is 12.4. The Kier molecular flexibility index (Phi) is 4.03. The first-order chi connectivity index (χ1) is 9.74. The van der Waals surface area contributed by atoms with Crippen molar-refractivity contribution in [3.05, 3.63) is 40.4 Å². The Morgan fingerprint density at radius 2 is 1.85 bits per heavy atom. The molecule has 0 spiro atoms. The average molecular weight is 307 g/mol. The van der Waals surface area contributed by atoms with Crippen molar-refractivity contribution < 1.29 is 4.79 Å². The number of nitrogens with zero attached hydrogens (tertiary/aromatic N) is 2. The highest BCUT2D eigenvalue weighted by molar-refractivity contribution is 7.16. The van der Waals surface area contributed by atoms with E-state index in [2.05, 4.69) is 4.98 Å². The number of benzene rings is 1. The van der Waals surface area contributed by atoms with E-state index in [9.17, 15) is 4.79 Å². The van der Waals surface area contributed by atoms with Gasteiger partial charge in [0.2, 0.25) is 0 Å². The third-order valence-electron chi connectivity index (χ3n) is 3.45. The fourth-order valence-electron chi connectivity index (χ4n) is 2.35. The largest absolute Gasteiger partial charge is 0.338 e. The molecule has 0 saturated carbocycles. The SMILES string of the molecule is O=C(c1cnc(-c2ccc(Cl)cc2)s1)N1CCCCC1. The summed E-state index contributed by atoms with van der Waals surface area (Å²) < 4.78 is 0. The summed E-state index contributed by atoms with van der Waals surface area (Å²) in [6.45, 7) is 1.74. The van der Waals surface area contributed by atoms with Crippen molar-refractivity contribution in [2.24, 2.45) is 0 Å². The van der Waals surface area contributed by atoms with Crippen LogP contribution >= 0.6 is 22.9 Å². The number of likely N-dealkylation sites (tertiary alicyclic amines) is 1. The Balaban J connectivity index is 1.79. The van der Waals surface area contributed by atoms with E-state index in [1.807, 2.05) is 29.2 Å². The van der Waals surface area contributed by atoms with Gasteiger partial charge in [-0.15, -0.1) is 11.3 Å². The second-order valence-corrected chi connectivity index (χ2v) is 6.36. The first kappa shape index (κ1) is 13.6. The number of piperidine rings is 1. The highest BCUT2D eigenvalue weighted by Gasteiger charge is 2.20. The van der Waals surface area contributed by atoms with Crippen molar-refractivity contribution in [3.63, 3.8) is 0 Å². The molecular formula is C15H15ClN2OS. The number of amides is 1. The van der Waals surface area contributed by atoms with Crippen LogP contribution in [0.3, 0.4) is 0 Å². The lowest BCUT2D eigenvalue weighted by Crippen LogP contribution is -2.35. The lowest BCUT2D eigenvalue weighted by molar-refractivity contribution is 0.0729. The zero-order valence-electron chi connectivity index (χ0n) is 11.0. The Bertz CT molecular complexity index is 603. The number of hydrogen-bond acceptors (Lipinski definition) is 3. The van der Waals surface area contributed by atoms with Crippen LogP contribution in [-0.4, -0.2) is 28.9 Å². The first-order valence-electron chi connectivity index (χ1n) is 6.75. The molecule has 1 saturated heterocycles. The fraction of sp³-hybridized carbons (Fsp3) is 0.333. The van der Waals surface area contributed by atoms with Gasteiger partial charge >= 0.3 is 0 Å². The second kappa shape index (κ2) is 5.94. The topological polar surface area (TPSA) is 33.2 Å². The van der Waals surface area contributed by atoms with Crippen LogP contribution in [0.25, 0.3) is 10.6 Å². The molecule has 1 aromatic heterocycles. The van der Waals surface area contributed by atoms with Gasteiger partial charge < -0.3 is 4.90 Å². The van der Waals surface area contributed by atoms with E-state index < -0.39 is 0 Å². The van der Waals surface area contributed by atoms with E-state index in [0.717, 1.165) is 41.4 Å². The minimum absolute atomic E-state index is 0.113. The average Bonchev–Trinajstić information content (AvgIpc) is 2.98. The highest BCUT2D eigenvalue weighted by atomic mass is 35.5. The van der Waals surface area contributed by atoms with Gasteiger partial charge in [-0.1, -0.05) is 23.7 Å². The summed E-state index contributed by atoms with van der Waals surface area (Å²) >= 11 is 7.33. The first-order valence-corrected chi connectivity index (χ1v) is 7.94. The predicted molar refractivity (Wildman–Crippen MR) is 82.3 cm³/mol. The monoisotopic (exact) mass is 306 g/mol. The van der Waals surface area contributed by atoms with Crippen LogP contribution < -0.4 is 0 Å². The van der Waals surface area contributed by atoms with E-state index in [1.54, 1.807) is 6.20 Å². The van der Waals surface area contributed by atoms with Gasteiger partial charge in [-0.3, -0.25) is 4.79 Å². The zero-order chi connectivity index (χ0) is 13.9. The van der Waals surface area contributed by atoms with Crippen molar-refractivity contribution in [1.82, 2.24) is 9.88 Å². The lowest BCUT2D eigenvalue weighted by Gasteiger charge is -2.25. The number of aromatic nitrogens is 1. The molecule has 0 aliphatic carbocycles. The zero-order valence-corrected chi connectivity index (χ0v) is 12.6. The molecule has 1 fully saturated rings. The van der Waals surface area contributed by atoms with Crippen molar-refractivity contribution in [1.29, 1.82) is 0 Å². The molecule has 0 bridgehead atoms. The molecule has 2 aromatic rings. The van der Waals surface area contributed by atoms with Crippen LogP contribution in [0.15, 0.2) is 30.5 Å². The Morgan fingerprint density at radius 3 is 2.55 bits per heavy atom. The lowest BCUT2D eigenvalue weighted by atomic mass is 10.1. The van der Waals surface area contributed by atoms with Crippen molar-refractivity contribution in [2.75, 3.05) is 13.1 Å².